The van der Waals surface area contributed by atoms with Crippen LogP contribution in [0.3, 0.4) is 0 Å². The molecule has 1 amide bonds. The molecule has 2 rings (SSSR count). The number of nitrogens with one attached hydrogen (secondary N) is 2. The summed E-state index contributed by atoms with van der Waals surface area (Å²) in [4.78, 5) is 11.9. The van der Waals surface area contributed by atoms with Crippen molar-refractivity contribution < 1.29 is 4.79 Å². The van der Waals surface area contributed by atoms with E-state index in [1.807, 2.05) is 31.2 Å². The average Bonchev–Trinajstić information content (AvgIpc) is 2.87. The molecule has 5 nitrogen and oxygen atoms in total. The van der Waals surface area contributed by atoms with Crippen molar-refractivity contribution in [3.63, 3.8) is 0 Å². The monoisotopic (exact) mass is 372 g/mol. The molecule has 0 bridgehead atoms. The van der Waals surface area contributed by atoms with Gasteiger partial charge in [-0.1, -0.05) is 35.2 Å². The lowest BCUT2D eigenvalue weighted by Crippen LogP contribution is -2.14. The molecule has 0 aliphatic heterocycles. The first-order chi connectivity index (χ1) is 9.69. The number of hydrogen-bond acceptors (Lipinski definition) is 6. The summed E-state index contributed by atoms with van der Waals surface area (Å²) in [5.41, 5.74) is 0.767. The molecule has 20 heavy (non-hydrogen) atoms. The Kier molecular flexibility index (Phi) is 5.81. The SMILES string of the molecule is CCNc1nnc(SCC(=O)Nc2ccccc2Br)s1. The zero-order valence-corrected chi connectivity index (χ0v) is 13.9. The molecule has 0 saturated heterocycles. The van der Waals surface area contributed by atoms with Crippen LogP contribution in [0.4, 0.5) is 10.8 Å². The van der Waals surface area contributed by atoms with E-state index in [-0.39, 0.29) is 5.91 Å². The number of aromatic nitrogens is 2. The zero-order chi connectivity index (χ0) is 14.4. The van der Waals surface area contributed by atoms with Gasteiger partial charge in [-0.2, -0.15) is 0 Å². The summed E-state index contributed by atoms with van der Waals surface area (Å²) in [7, 11) is 0. The minimum atomic E-state index is -0.0675. The maximum atomic E-state index is 11.9. The molecule has 1 heterocycles. The second-order valence-electron chi connectivity index (χ2n) is 3.72. The molecule has 1 aromatic carbocycles. The van der Waals surface area contributed by atoms with E-state index < -0.39 is 0 Å². The van der Waals surface area contributed by atoms with Gasteiger partial charge in [-0.05, 0) is 35.0 Å². The largest absolute Gasteiger partial charge is 0.360 e. The third kappa shape index (κ3) is 4.46. The second-order valence-corrected chi connectivity index (χ2v) is 6.77. The van der Waals surface area contributed by atoms with Crippen molar-refractivity contribution in [3.8, 4) is 0 Å². The van der Waals surface area contributed by atoms with Crippen LogP contribution >= 0.6 is 39.0 Å². The number of thioether (sulfide) groups is 1. The van der Waals surface area contributed by atoms with Crippen LogP contribution in [0.25, 0.3) is 0 Å². The Hall–Kier alpha value is -1.12. The number of rotatable bonds is 6. The predicted octanol–water partition coefficient (Wildman–Crippen LogP) is 3.46. The van der Waals surface area contributed by atoms with E-state index in [0.717, 1.165) is 26.2 Å². The van der Waals surface area contributed by atoms with Crippen LogP contribution in [0.15, 0.2) is 33.1 Å². The molecule has 106 valence electrons. The Labute approximate surface area is 133 Å². The minimum Gasteiger partial charge on any atom is -0.360 e. The Morgan fingerprint density at radius 2 is 2.20 bits per heavy atom. The van der Waals surface area contributed by atoms with Gasteiger partial charge in [0.15, 0.2) is 4.34 Å². The molecule has 8 heteroatoms. The van der Waals surface area contributed by atoms with Crippen molar-refractivity contribution >= 4 is 55.8 Å². The van der Waals surface area contributed by atoms with E-state index in [4.69, 9.17) is 0 Å². The minimum absolute atomic E-state index is 0.0675. The van der Waals surface area contributed by atoms with Crippen molar-refractivity contribution in [2.24, 2.45) is 0 Å². The van der Waals surface area contributed by atoms with Crippen molar-refractivity contribution in [1.29, 1.82) is 0 Å². The van der Waals surface area contributed by atoms with Gasteiger partial charge >= 0.3 is 0 Å². The molecule has 0 atom stereocenters. The van der Waals surface area contributed by atoms with Crippen molar-refractivity contribution in [2.75, 3.05) is 22.9 Å². The Morgan fingerprint density at radius 3 is 2.95 bits per heavy atom. The molecule has 0 aliphatic rings. The molecule has 0 unspecified atom stereocenters. The summed E-state index contributed by atoms with van der Waals surface area (Å²) in [6.07, 6.45) is 0. The van der Waals surface area contributed by atoms with Crippen LogP contribution in [0.1, 0.15) is 6.92 Å². The van der Waals surface area contributed by atoms with Gasteiger partial charge in [0, 0.05) is 11.0 Å². The zero-order valence-electron chi connectivity index (χ0n) is 10.7. The van der Waals surface area contributed by atoms with Gasteiger partial charge in [0.2, 0.25) is 11.0 Å². The number of benzene rings is 1. The molecule has 2 N–H and O–H groups in total. The van der Waals surface area contributed by atoms with Crippen LogP contribution < -0.4 is 10.6 Å². The van der Waals surface area contributed by atoms with Crippen molar-refractivity contribution in [1.82, 2.24) is 10.2 Å². The number of carbonyl (C=O) groups is 1. The van der Waals surface area contributed by atoms with Crippen molar-refractivity contribution in [2.45, 2.75) is 11.3 Å². The van der Waals surface area contributed by atoms with E-state index >= 15 is 0 Å². The van der Waals surface area contributed by atoms with Crippen LogP contribution in [0.2, 0.25) is 0 Å². The third-order valence-electron chi connectivity index (χ3n) is 2.21. The maximum Gasteiger partial charge on any atom is 0.234 e. The molecule has 0 aliphatic carbocycles. The molecule has 0 radical (unpaired) electrons. The average molecular weight is 373 g/mol. The van der Waals surface area contributed by atoms with E-state index in [2.05, 4.69) is 36.8 Å². The Bertz CT molecular complexity index is 590. The quantitative estimate of drug-likeness (QED) is 0.759. The van der Waals surface area contributed by atoms with E-state index in [9.17, 15) is 4.79 Å². The second kappa shape index (κ2) is 7.61. The van der Waals surface area contributed by atoms with Gasteiger partial charge in [0.05, 0.1) is 11.4 Å². The summed E-state index contributed by atoms with van der Waals surface area (Å²) in [6.45, 7) is 2.81. The van der Waals surface area contributed by atoms with Crippen molar-refractivity contribution in [3.05, 3.63) is 28.7 Å². The van der Waals surface area contributed by atoms with E-state index in [0.29, 0.717) is 5.75 Å². The number of halogens is 1. The lowest BCUT2D eigenvalue weighted by molar-refractivity contribution is -0.113. The predicted molar refractivity (Wildman–Crippen MR) is 87.6 cm³/mol. The standard InChI is InChI=1S/C12H13BrN4OS2/c1-2-14-11-16-17-12(20-11)19-7-10(18)15-9-6-4-3-5-8(9)13/h3-6H,2,7H2,1H3,(H,14,16)(H,15,18). The highest BCUT2D eigenvalue weighted by Gasteiger charge is 2.09. The summed E-state index contributed by atoms with van der Waals surface area (Å²) in [5, 5.41) is 14.7. The topological polar surface area (TPSA) is 66.9 Å². The first-order valence-electron chi connectivity index (χ1n) is 5.93. The van der Waals surface area contributed by atoms with Gasteiger partial charge in [0.1, 0.15) is 0 Å². The smallest absolute Gasteiger partial charge is 0.234 e. The first-order valence-corrected chi connectivity index (χ1v) is 8.53. The normalized spacial score (nSPS) is 10.3. The van der Waals surface area contributed by atoms with Crippen LogP contribution in [0, 0.1) is 0 Å². The number of amides is 1. The highest BCUT2D eigenvalue weighted by atomic mass is 79.9. The Morgan fingerprint density at radius 1 is 1.40 bits per heavy atom. The van der Waals surface area contributed by atoms with E-state index in [1.165, 1.54) is 23.1 Å². The summed E-state index contributed by atoms with van der Waals surface area (Å²) in [5.74, 6) is 0.240. The van der Waals surface area contributed by atoms with Gasteiger partial charge in [-0.25, -0.2) is 0 Å². The van der Waals surface area contributed by atoms with Gasteiger partial charge in [-0.15, -0.1) is 10.2 Å². The highest BCUT2D eigenvalue weighted by Crippen LogP contribution is 2.26. The molecule has 0 fully saturated rings. The van der Waals surface area contributed by atoms with E-state index in [1.54, 1.807) is 0 Å². The van der Waals surface area contributed by atoms with Crippen LogP contribution in [0.5, 0.6) is 0 Å². The summed E-state index contributed by atoms with van der Waals surface area (Å²) < 4.78 is 1.65. The highest BCUT2D eigenvalue weighted by molar-refractivity contribution is 9.10. The number of carbonyl (C=O) groups excluding carboxylic acids is 1. The number of hydrogen-bond donors (Lipinski definition) is 2. The van der Waals surface area contributed by atoms with Gasteiger partial charge in [0.25, 0.3) is 0 Å². The number of anilines is 2. The molecule has 2 aromatic rings. The van der Waals surface area contributed by atoms with Gasteiger partial charge in [-0.3, -0.25) is 4.79 Å². The fourth-order valence-corrected chi connectivity index (χ4v) is 3.37. The molecular formula is C12H13BrN4OS2. The number of nitrogens with zero attached hydrogens (tertiary/aromatic N) is 2. The van der Waals surface area contributed by atoms with Crippen LogP contribution in [-0.4, -0.2) is 28.4 Å². The molecular weight excluding hydrogens is 360 g/mol. The molecule has 0 saturated carbocycles. The first kappa shape index (κ1) is 15.3. The Balaban J connectivity index is 1.84. The lowest BCUT2D eigenvalue weighted by atomic mass is 10.3. The molecule has 0 spiro atoms. The van der Waals surface area contributed by atoms with Crippen LogP contribution in [-0.2, 0) is 4.79 Å². The summed E-state index contributed by atoms with van der Waals surface area (Å²) in [6, 6.07) is 7.51. The third-order valence-corrected chi connectivity index (χ3v) is 4.91. The fourth-order valence-electron chi connectivity index (χ4n) is 1.37. The number of para-hydroxylation sites is 1. The fraction of sp³-hybridized carbons (Fsp3) is 0.250. The molecule has 1 aromatic heterocycles. The summed E-state index contributed by atoms with van der Waals surface area (Å²) >= 11 is 6.22. The van der Waals surface area contributed by atoms with Gasteiger partial charge < -0.3 is 10.6 Å². The lowest BCUT2D eigenvalue weighted by Gasteiger charge is -2.05. The maximum absolute atomic E-state index is 11.9.